The quantitative estimate of drug-likeness (QED) is 0.0749. The van der Waals surface area contributed by atoms with Gasteiger partial charge in [0.15, 0.2) is 0 Å². The molecule has 92 heavy (non-hydrogen) atoms. The maximum Gasteiger partial charge on any atom is 0.239 e. The molecule has 0 saturated carbocycles. The third-order valence-corrected chi connectivity index (χ3v) is 21.4. The number of imide groups is 2. The number of aromatic hydroxyl groups is 1. The summed E-state index contributed by atoms with van der Waals surface area (Å²) >= 11 is 0. The van der Waals surface area contributed by atoms with Crippen molar-refractivity contribution in [3.8, 4) is 28.7 Å². The van der Waals surface area contributed by atoms with Gasteiger partial charge in [-0.1, -0.05) is 180 Å². The lowest BCUT2D eigenvalue weighted by atomic mass is 9.47. The first kappa shape index (κ1) is 58.6. The maximum atomic E-state index is 14.8. The van der Waals surface area contributed by atoms with Crippen molar-refractivity contribution in [1.82, 2.24) is 4.90 Å². The molecule has 6 aliphatic carbocycles. The summed E-state index contributed by atoms with van der Waals surface area (Å²) in [6.07, 6.45) is -0.187. The number of ether oxygens (including phenoxy) is 4. The number of phenolic OH excluding ortho intramolecular Hbond substituents is 1. The van der Waals surface area contributed by atoms with Gasteiger partial charge in [0.2, 0.25) is 23.6 Å². The summed E-state index contributed by atoms with van der Waals surface area (Å²) in [5.74, 6) is -0.887. The Kier molecular flexibility index (Phi) is 14.2. The standard InChI is InChI=1S/C80H72N2O10/c1-6-43-81-73(85)69-67-59-15-7-11-19-63(59)79(71(69)75(81)87,64-20-12-8-16-60(64)67)46-91-57-39-27-50(28-40-57)77(2,3)48-23-35-55(36-24-48)89-44-54(84)45-90-56-37-25-49(26-38-56)78(4,5)51-29-41-58(42-30-51)92-47-80-65-21-13-9-17-61(65)68(62-18-10-14-22-66(62)80)70-72(80)76(88)82(74(70)86)52-31-33-53(83)34-32-52/h7-42,54,67-72,83-84H,6,43-47H2,1-5H3. The van der Waals surface area contributed by atoms with E-state index in [0.29, 0.717) is 41.7 Å². The van der Waals surface area contributed by atoms with Crippen molar-refractivity contribution >= 4 is 29.3 Å². The minimum Gasteiger partial charge on any atom is -0.508 e. The van der Waals surface area contributed by atoms with Crippen molar-refractivity contribution < 1.29 is 48.3 Å². The summed E-state index contributed by atoms with van der Waals surface area (Å²) < 4.78 is 25.7. The number of aliphatic hydroxyl groups is 1. The number of phenols is 1. The molecule has 17 rings (SSSR count). The van der Waals surface area contributed by atoms with Crippen molar-refractivity contribution in [1.29, 1.82) is 0 Å². The molecule has 2 fully saturated rings. The van der Waals surface area contributed by atoms with E-state index in [1.165, 1.54) is 21.9 Å². The Morgan fingerprint density at radius 2 is 0.761 bits per heavy atom. The molecule has 0 aromatic heterocycles. The smallest absolute Gasteiger partial charge is 0.239 e. The van der Waals surface area contributed by atoms with E-state index in [9.17, 15) is 29.4 Å². The number of likely N-dealkylation sites (tertiary alicyclic amines) is 1. The van der Waals surface area contributed by atoms with Crippen LogP contribution < -0.4 is 23.8 Å². The lowest BCUT2D eigenvalue weighted by Gasteiger charge is -2.53. The van der Waals surface area contributed by atoms with Crippen molar-refractivity contribution in [3.63, 3.8) is 0 Å². The Balaban J connectivity index is 0.564. The summed E-state index contributed by atoms with van der Waals surface area (Å²) in [7, 11) is 0. The van der Waals surface area contributed by atoms with Crippen LogP contribution in [0.4, 0.5) is 5.69 Å². The van der Waals surface area contributed by atoms with E-state index in [4.69, 9.17) is 18.9 Å². The fourth-order valence-corrected chi connectivity index (χ4v) is 16.7. The lowest BCUT2D eigenvalue weighted by molar-refractivity contribution is -0.140. The van der Waals surface area contributed by atoms with E-state index < -0.39 is 46.0 Å². The average molecular weight is 1220 g/mol. The van der Waals surface area contributed by atoms with Gasteiger partial charge in [0.25, 0.3) is 0 Å². The van der Waals surface area contributed by atoms with Crippen LogP contribution in [-0.4, -0.2) is 77.8 Å². The van der Waals surface area contributed by atoms with Crippen LogP contribution in [-0.2, 0) is 40.8 Å². The number of benzene rings is 9. The molecule has 5 unspecified atom stereocenters. The zero-order chi connectivity index (χ0) is 63.4. The summed E-state index contributed by atoms with van der Waals surface area (Å²) in [6.45, 7) is 11.5. The Morgan fingerprint density at radius 3 is 1.13 bits per heavy atom. The number of carbonyl (C=O) groups excluding carboxylic acids is 4. The Labute approximate surface area is 536 Å². The van der Waals surface area contributed by atoms with E-state index in [0.717, 1.165) is 66.8 Å². The van der Waals surface area contributed by atoms with Crippen LogP contribution >= 0.6 is 0 Å². The highest BCUT2D eigenvalue weighted by Gasteiger charge is 2.70. The second-order valence-corrected chi connectivity index (χ2v) is 26.8. The van der Waals surface area contributed by atoms with Gasteiger partial charge in [0.05, 0.1) is 40.2 Å². The Morgan fingerprint density at radius 1 is 0.424 bits per heavy atom. The van der Waals surface area contributed by atoms with E-state index in [1.54, 1.807) is 12.1 Å². The number of hydrogen-bond acceptors (Lipinski definition) is 10. The van der Waals surface area contributed by atoms with Gasteiger partial charge in [-0.05, 0) is 146 Å². The first-order valence-corrected chi connectivity index (χ1v) is 32.1. The van der Waals surface area contributed by atoms with Gasteiger partial charge in [0.1, 0.15) is 61.3 Å². The van der Waals surface area contributed by atoms with Gasteiger partial charge in [-0.15, -0.1) is 0 Å². The zero-order valence-electron chi connectivity index (χ0n) is 52.1. The van der Waals surface area contributed by atoms with Gasteiger partial charge < -0.3 is 29.2 Å². The Bertz CT molecular complexity index is 4270. The monoisotopic (exact) mass is 1220 g/mol. The summed E-state index contributed by atoms with van der Waals surface area (Å²) in [5.41, 5.74) is 10.6. The number of aliphatic hydroxyl groups excluding tert-OH is 1. The normalized spacial score (nSPS) is 23.3. The van der Waals surface area contributed by atoms with Gasteiger partial charge in [-0.3, -0.25) is 24.1 Å². The van der Waals surface area contributed by atoms with E-state index in [-0.39, 0.29) is 73.1 Å². The van der Waals surface area contributed by atoms with Crippen LogP contribution in [0.5, 0.6) is 28.7 Å². The van der Waals surface area contributed by atoms with Crippen LogP contribution in [0.3, 0.4) is 0 Å². The number of rotatable bonds is 19. The zero-order valence-corrected chi connectivity index (χ0v) is 52.1. The predicted molar refractivity (Wildman–Crippen MR) is 351 cm³/mol. The molecule has 8 aliphatic rings. The second kappa shape index (κ2) is 22.3. The van der Waals surface area contributed by atoms with E-state index >= 15 is 0 Å². The summed E-state index contributed by atoms with van der Waals surface area (Å²) in [4.78, 5) is 60.9. The fourth-order valence-electron chi connectivity index (χ4n) is 16.7. The molecule has 5 atom stereocenters. The van der Waals surface area contributed by atoms with Gasteiger partial charge in [-0.2, -0.15) is 0 Å². The van der Waals surface area contributed by atoms with Gasteiger partial charge in [-0.25, -0.2) is 4.90 Å². The highest BCUT2D eigenvalue weighted by Crippen LogP contribution is 2.66. The highest BCUT2D eigenvalue weighted by atomic mass is 16.5. The first-order chi connectivity index (χ1) is 44.6. The molecule has 462 valence electrons. The molecular formula is C80H72N2O10. The minimum absolute atomic E-state index is 0.0368. The molecule has 2 N–H and O–H groups in total. The largest absolute Gasteiger partial charge is 0.508 e. The summed E-state index contributed by atoms with van der Waals surface area (Å²) in [6, 6.07) is 71.3. The van der Waals surface area contributed by atoms with Crippen molar-refractivity contribution in [2.24, 2.45) is 23.7 Å². The van der Waals surface area contributed by atoms with E-state index in [2.05, 4.69) is 100 Å². The first-order valence-electron chi connectivity index (χ1n) is 32.1. The summed E-state index contributed by atoms with van der Waals surface area (Å²) in [5, 5.41) is 21.1. The molecule has 2 saturated heterocycles. The lowest BCUT2D eigenvalue weighted by Crippen LogP contribution is -2.56. The molecule has 2 aliphatic heterocycles. The SMILES string of the molecule is CCCN1C(=O)C2C3c4ccccc4C(COc4ccc(C(C)(C)c5ccc(OCC(O)COc6ccc(C(C)(C)c7ccc(OCC89c%10ccccc%10C(c%10ccccc%108)C8C(=O)N(c%10ccc(O)cc%10)C(=O)C89)cc7)cc6)cc5)cc4)(c4ccccc43)C2C1=O. The number of hydrogen-bond donors (Lipinski definition) is 2. The van der Waals surface area contributed by atoms with Crippen molar-refractivity contribution in [2.75, 3.05) is 37.9 Å². The van der Waals surface area contributed by atoms with Gasteiger partial charge >= 0.3 is 0 Å². The topological polar surface area (TPSA) is 152 Å². The maximum absolute atomic E-state index is 14.8. The molecular weight excluding hydrogens is 1150 g/mol. The average Bonchev–Trinajstić information content (AvgIpc) is 1.33. The van der Waals surface area contributed by atoms with E-state index in [1.807, 2.05) is 128 Å². The second-order valence-electron chi connectivity index (χ2n) is 26.8. The van der Waals surface area contributed by atoms with Crippen LogP contribution in [0, 0.1) is 23.7 Å². The fraction of sp³-hybridized carbons (Fsp3) is 0.275. The predicted octanol–water partition coefficient (Wildman–Crippen LogP) is 13.3. The molecule has 0 spiro atoms. The highest BCUT2D eigenvalue weighted by molar-refractivity contribution is 6.24. The molecule has 2 heterocycles. The van der Waals surface area contributed by atoms with Gasteiger partial charge in [0, 0.05) is 29.2 Å². The van der Waals surface area contributed by atoms with Crippen molar-refractivity contribution in [2.45, 2.75) is 80.6 Å². The minimum atomic E-state index is -0.952. The number of amides is 4. The molecule has 12 heteroatoms. The van der Waals surface area contributed by atoms with Crippen LogP contribution in [0.2, 0.25) is 0 Å². The number of anilines is 1. The van der Waals surface area contributed by atoms with Crippen molar-refractivity contribution in [3.05, 3.63) is 285 Å². The Hall–Kier alpha value is -9.78. The van der Waals surface area contributed by atoms with Crippen LogP contribution in [0.1, 0.15) is 120 Å². The molecule has 4 bridgehead atoms. The van der Waals surface area contributed by atoms with Crippen LogP contribution in [0.15, 0.2) is 218 Å². The number of carbonyl (C=O) groups is 4. The molecule has 9 aromatic rings. The molecule has 9 aromatic carbocycles. The molecule has 0 radical (unpaired) electrons. The van der Waals surface area contributed by atoms with Crippen LogP contribution in [0.25, 0.3) is 0 Å². The number of nitrogens with zero attached hydrogens (tertiary/aromatic N) is 2. The third-order valence-electron chi connectivity index (χ3n) is 21.4. The third kappa shape index (κ3) is 8.95. The molecule has 4 amide bonds. The molecule has 12 nitrogen and oxygen atoms in total.